The molecule has 0 aliphatic heterocycles. The van der Waals surface area contributed by atoms with Crippen molar-refractivity contribution in [2.24, 2.45) is 0 Å². The topological polar surface area (TPSA) is 73.6 Å². The third kappa shape index (κ3) is 5.39. The zero-order valence-electron chi connectivity index (χ0n) is 13.6. The van der Waals surface area contributed by atoms with Crippen molar-refractivity contribution in [3.63, 3.8) is 0 Å². The number of ether oxygens (including phenoxy) is 2. The first kappa shape index (κ1) is 16.6. The average molecular weight is 338 g/mol. The van der Waals surface area contributed by atoms with Gasteiger partial charge in [0.2, 0.25) is 0 Å². The van der Waals surface area contributed by atoms with Crippen LogP contribution in [0.2, 0.25) is 0 Å². The number of benzene rings is 1. The highest BCUT2D eigenvalue weighted by Gasteiger charge is 2.04. The van der Waals surface area contributed by atoms with Gasteiger partial charge in [-0.25, -0.2) is 0 Å². The smallest absolute Gasteiger partial charge is 0.258 e. The maximum absolute atomic E-state index is 11.7. The number of hydrogen-bond donors (Lipinski definition) is 1. The van der Waals surface area contributed by atoms with Gasteiger partial charge in [0.1, 0.15) is 23.9 Å². The molecule has 25 heavy (non-hydrogen) atoms. The molecule has 128 valence electrons. The molecule has 1 N–H and O–H groups in total. The molecule has 0 atom stereocenters. The third-order valence-electron chi connectivity index (χ3n) is 3.36. The Bertz CT molecular complexity index is 771. The van der Waals surface area contributed by atoms with Crippen LogP contribution in [0.1, 0.15) is 11.3 Å². The molecule has 0 bridgehead atoms. The minimum Gasteiger partial charge on any atom is -0.489 e. The number of hydrogen-bond acceptors (Lipinski definition) is 5. The average Bonchev–Trinajstić information content (AvgIpc) is 3.18. The largest absolute Gasteiger partial charge is 0.489 e. The standard InChI is InChI=1S/C19H18N2O4/c22-19(21-12-18-4-2-10-23-18)14-25-17-7-5-16(6-8-17)24-13-15-3-1-9-20-11-15/h1-11H,12-14H2,(H,21,22). The normalized spacial score (nSPS) is 10.2. The Morgan fingerprint density at radius 2 is 1.84 bits per heavy atom. The van der Waals surface area contributed by atoms with Gasteiger partial charge in [-0.1, -0.05) is 6.07 Å². The monoisotopic (exact) mass is 338 g/mol. The van der Waals surface area contributed by atoms with E-state index >= 15 is 0 Å². The zero-order valence-corrected chi connectivity index (χ0v) is 13.6. The summed E-state index contributed by atoms with van der Waals surface area (Å²) < 4.78 is 16.3. The lowest BCUT2D eigenvalue weighted by atomic mass is 10.3. The minimum atomic E-state index is -0.215. The van der Waals surface area contributed by atoms with E-state index in [0.717, 1.165) is 11.3 Å². The lowest BCUT2D eigenvalue weighted by Gasteiger charge is -2.09. The van der Waals surface area contributed by atoms with Crippen molar-refractivity contribution in [2.75, 3.05) is 6.61 Å². The second-order valence-corrected chi connectivity index (χ2v) is 5.27. The molecular weight excluding hydrogens is 320 g/mol. The second-order valence-electron chi connectivity index (χ2n) is 5.27. The summed E-state index contributed by atoms with van der Waals surface area (Å²) in [7, 11) is 0. The Hall–Kier alpha value is -3.28. The molecule has 0 fully saturated rings. The summed E-state index contributed by atoms with van der Waals surface area (Å²) >= 11 is 0. The predicted molar refractivity (Wildman–Crippen MR) is 91.1 cm³/mol. The molecule has 0 spiro atoms. The number of furan rings is 1. The van der Waals surface area contributed by atoms with Gasteiger partial charge in [-0.3, -0.25) is 9.78 Å². The van der Waals surface area contributed by atoms with Crippen molar-refractivity contribution in [3.05, 3.63) is 78.5 Å². The highest BCUT2D eigenvalue weighted by molar-refractivity contribution is 5.77. The molecule has 0 aliphatic carbocycles. The molecule has 0 aliphatic rings. The Morgan fingerprint density at radius 1 is 1.04 bits per heavy atom. The van der Waals surface area contributed by atoms with Gasteiger partial charge < -0.3 is 19.2 Å². The van der Waals surface area contributed by atoms with E-state index in [9.17, 15) is 4.79 Å². The summed E-state index contributed by atoms with van der Waals surface area (Å²) in [5, 5.41) is 2.72. The van der Waals surface area contributed by atoms with Gasteiger partial charge >= 0.3 is 0 Å². The van der Waals surface area contributed by atoms with Crippen LogP contribution in [0.25, 0.3) is 0 Å². The van der Waals surface area contributed by atoms with Crippen LogP contribution in [0, 0.1) is 0 Å². The first-order chi connectivity index (χ1) is 12.3. The maximum Gasteiger partial charge on any atom is 0.258 e. The van der Waals surface area contributed by atoms with Crippen molar-refractivity contribution in [1.29, 1.82) is 0 Å². The van der Waals surface area contributed by atoms with Crippen LogP contribution < -0.4 is 14.8 Å². The fourth-order valence-corrected chi connectivity index (χ4v) is 2.08. The first-order valence-corrected chi connectivity index (χ1v) is 7.83. The molecular formula is C19H18N2O4. The molecule has 3 aromatic rings. The summed E-state index contributed by atoms with van der Waals surface area (Å²) in [6.45, 7) is 0.732. The molecule has 6 nitrogen and oxygen atoms in total. The van der Waals surface area contributed by atoms with Crippen LogP contribution in [0.4, 0.5) is 0 Å². The number of pyridine rings is 1. The van der Waals surface area contributed by atoms with Crippen molar-refractivity contribution in [1.82, 2.24) is 10.3 Å². The molecule has 1 aromatic carbocycles. The number of nitrogens with zero attached hydrogens (tertiary/aromatic N) is 1. The minimum absolute atomic E-state index is 0.0589. The summed E-state index contributed by atoms with van der Waals surface area (Å²) in [6.07, 6.45) is 5.05. The van der Waals surface area contributed by atoms with Crippen molar-refractivity contribution < 1.29 is 18.7 Å². The quantitative estimate of drug-likeness (QED) is 0.683. The number of carbonyl (C=O) groups is 1. The van der Waals surface area contributed by atoms with Crippen LogP contribution >= 0.6 is 0 Å². The van der Waals surface area contributed by atoms with E-state index in [0.29, 0.717) is 24.7 Å². The SMILES string of the molecule is O=C(COc1ccc(OCc2cccnc2)cc1)NCc1ccco1. The van der Waals surface area contributed by atoms with E-state index in [1.165, 1.54) is 0 Å². The summed E-state index contributed by atoms with van der Waals surface area (Å²) in [6, 6.07) is 14.5. The molecule has 0 saturated heterocycles. The molecule has 6 heteroatoms. The molecule has 1 amide bonds. The lowest BCUT2D eigenvalue weighted by molar-refractivity contribution is -0.123. The highest BCUT2D eigenvalue weighted by Crippen LogP contribution is 2.18. The number of aromatic nitrogens is 1. The van der Waals surface area contributed by atoms with Gasteiger partial charge in [-0.2, -0.15) is 0 Å². The Labute approximate surface area is 145 Å². The Balaban J connectivity index is 1.40. The van der Waals surface area contributed by atoms with E-state index in [4.69, 9.17) is 13.9 Å². The Morgan fingerprint density at radius 3 is 2.52 bits per heavy atom. The van der Waals surface area contributed by atoms with Crippen LogP contribution in [0.3, 0.4) is 0 Å². The Kier molecular flexibility index (Phi) is 5.66. The van der Waals surface area contributed by atoms with E-state index in [-0.39, 0.29) is 12.5 Å². The van der Waals surface area contributed by atoms with E-state index in [1.54, 1.807) is 55.1 Å². The van der Waals surface area contributed by atoms with Crippen molar-refractivity contribution in [3.8, 4) is 11.5 Å². The van der Waals surface area contributed by atoms with Crippen LogP contribution in [0.15, 0.2) is 71.6 Å². The zero-order chi connectivity index (χ0) is 17.3. The molecule has 2 aromatic heterocycles. The summed E-state index contributed by atoms with van der Waals surface area (Å²) in [5.74, 6) is 1.80. The molecule has 0 unspecified atom stereocenters. The molecule has 3 rings (SSSR count). The molecule has 0 radical (unpaired) electrons. The summed E-state index contributed by atoms with van der Waals surface area (Å²) in [4.78, 5) is 15.8. The van der Waals surface area contributed by atoms with Gasteiger partial charge in [0.15, 0.2) is 6.61 Å². The van der Waals surface area contributed by atoms with Gasteiger partial charge in [-0.05, 0) is 42.5 Å². The summed E-state index contributed by atoms with van der Waals surface area (Å²) in [5.41, 5.74) is 0.996. The van der Waals surface area contributed by atoms with Gasteiger partial charge in [-0.15, -0.1) is 0 Å². The fraction of sp³-hybridized carbons (Fsp3) is 0.158. The van der Waals surface area contributed by atoms with Gasteiger partial charge in [0.25, 0.3) is 5.91 Å². The number of carbonyl (C=O) groups excluding carboxylic acids is 1. The first-order valence-electron chi connectivity index (χ1n) is 7.83. The highest BCUT2D eigenvalue weighted by atomic mass is 16.5. The number of rotatable bonds is 8. The van der Waals surface area contributed by atoms with Crippen LogP contribution in [-0.4, -0.2) is 17.5 Å². The fourth-order valence-electron chi connectivity index (χ4n) is 2.08. The van der Waals surface area contributed by atoms with Gasteiger partial charge in [0, 0.05) is 18.0 Å². The molecule has 2 heterocycles. The van der Waals surface area contributed by atoms with Crippen molar-refractivity contribution >= 4 is 5.91 Å². The van der Waals surface area contributed by atoms with Crippen LogP contribution in [0.5, 0.6) is 11.5 Å². The van der Waals surface area contributed by atoms with Crippen molar-refractivity contribution in [2.45, 2.75) is 13.2 Å². The van der Waals surface area contributed by atoms with Gasteiger partial charge in [0.05, 0.1) is 12.8 Å². The molecule has 0 saturated carbocycles. The number of amides is 1. The lowest BCUT2D eigenvalue weighted by Crippen LogP contribution is -2.28. The van der Waals surface area contributed by atoms with E-state index in [1.807, 2.05) is 12.1 Å². The van der Waals surface area contributed by atoms with Crippen LogP contribution in [-0.2, 0) is 17.9 Å². The second kappa shape index (κ2) is 8.54. The van der Waals surface area contributed by atoms with E-state index in [2.05, 4.69) is 10.3 Å². The number of nitrogens with one attached hydrogen (secondary N) is 1. The third-order valence-corrected chi connectivity index (χ3v) is 3.36. The predicted octanol–water partition coefficient (Wildman–Crippen LogP) is 2.95. The maximum atomic E-state index is 11.7. The van der Waals surface area contributed by atoms with E-state index < -0.39 is 0 Å².